The summed E-state index contributed by atoms with van der Waals surface area (Å²) in [4.78, 5) is 0. The molecule has 0 spiro atoms. The Labute approximate surface area is 152 Å². The van der Waals surface area contributed by atoms with Gasteiger partial charge in [-0.1, -0.05) is 91.0 Å². The highest BCUT2D eigenvalue weighted by atomic mass is 31.1. The van der Waals surface area contributed by atoms with Crippen molar-refractivity contribution >= 4 is 18.5 Å². The molecule has 1 heteroatoms. The average Bonchev–Trinajstić information content (AvgIpc) is 3.22. The van der Waals surface area contributed by atoms with Crippen molar-refractivity contribution < 1.29 is 0 Å². The minimum Gasteiger partial charge on any atom is -0.0622 e. The molecule has 0 nitrogen and oxygen atoms in total. The summed E-state index contributed by atoms with van der Waals surface area (Å²) in [5.41, 5.74) is 1.74. The first-order valence-corrected chi connectivity index (χ1v) is 10.0. The molecule has 4 rings (SSSR count). The van der Waals surface area contributed by atoms with Crippen molar-refractivity contribution in [1.29, 1.82) is 0 Å². The van der Waals surface area contributed by atoms with Gasteiger partial charge in [-0.25, -0.2) is 0 Å². The molecule has 0 amide bonds. The van der Waals surface area contributed by atoms with Crippen LogP contribution in [0.5, 0.6) is 0 Å². The number of hydrogen-bond acceptors (Lipinski definition) is 0. The molecule has 0 heterocycles. The first-order valence-electron chi connectivity index (χ1n) is 8.59. The fourth-order valence-electron chi connectivity index (χ4n) is 3.32. The lowest BCUT2D eigenvalue weighted by Gasteiger charge is -2.33. The van der Waals surface area contributed by atoms with Crippen molar-refractivity contribution in [3.05, 3.63) is 128 Å². The molecule has 25 heavy (non-hydrogen) atoms. The van der Waals surface area contributed by atoms with E-state index in [9.17, 15) is 0 Å². The maximum Gasteiger partial charge on any atom is 0.0190 e. The second-order valence-corrected chi connectivity index (χ2v) is 8.36. The van der Waals surface area contributed by atoms with E-state index in [2.05, 4.69) is 117 Å². The quantitative estimate of drug-likeness (QED) is 0.556. The van der Waals surface area contributed by atoms with Gasteiger partial charge in [0.1, 0.15) is 0 Å². The number of hydrogen-bond donors (Lipinski definition) is 0. The lowest BCUT2D eigenvalue weighted by atomic mass is 9.97. The number of rotatable bonds is 5. The molecule has 0 bridgehead atoms. The molecule has 1 saturated carbocycles. The van der Waals surface area contributed by atoms with Crippen LogP contribution in [0.2, 0.25) is 0 Å². The molecule has 1 fully saturated rings. The Morgan fingerprint density at radius 3 is 1.44 bits per heavy atom. The number of benzene rings is 3. The van der Waals surface area contributed by atoms with Crippen molar-refractivity contribution in [1.82, 2.24) is 0 Å². The van der Waals surface area contributed by atoms with Crippen molar-refractivity contribution in [2.45, 2.75) is 5.66 Å². The van der Waals surface area contributed by atoms with Crippen LogP contribution in [0.15, 0.2) is 91.0 Å². The zero-order chi connectivity index (χ0) is 16.9. The van der Waals surface area contributed by atoms with Crippen LogP contribution in [-0.4, -0.2) is 0 Å². The van der Waals surface area contributed by atoms with Gasteiger partial charge in [-0.15, -0.1) is 0 Å². The van der Waals surface area contributed by atoms with Crippen LogP contribution in [0.4, 0.5) is 0 Å². The first kappa shape index (κ1) is 16.6. The van der Waals surface area contributed by atoms with Crippen molar-refractivity contribution in [2.75, 3.05) is 0 Å². The average molecular weight is 339 g/mol. The highest BCUT2D eigenvalue weighted by Crippen LogP contribution is 2.57. The van der Waals surface area contributed by atoms with Gasteiger partial charge in [-0.2, -0.15) is 0 Å². The molecule has 1 atom stereocenters. The van der Waals surface area contributed by atoms with Gasteiger partial charge in [0.05, 0.1) is 0 Å². The minimum atomic E-state index is -0.541. The Balaban J connectivity index is 1.84. The van der Waals surface area contributed by atoms with Crippen LogP contribution >= 0.6 is 7.92 Å². The van der Waals surface area contributed by atoms with E-state index in [1.807, 2.05) is 0 Å². The summed E-state index contributed by atoms with van der Waals surface area (Å²) in [6.07, 6.45) is 8.82. The maximum atomic E-state index is 2.28. The van der Waals surface area contributed by atoms with Crippen LogP contribution in [0, 0.1) is 31.6 Å². The molecule has 121 valence electrons. The van der Waals surface area contributed by atoms with Crippen molar-refractivity contribution in [3.63, 3.8) is 0 Å². The Morgan fingerprint density at radius 2 is 0.960 bits per heavy atom. The highest BCUT2D eigenvalue weighted by Gasteiger charge is 2.35. The van der Waals surface area contributed by atoms with Gasteiger partial charge in [0.2, 0.25) is 0 Å². The van der Waals surface area contributed by atoms with Crippen LogP contribution < -0.4 is 10.6 Å². The predicted molar refractivity (Wildman–Crippen MR) is 109 cm³/mol. The van der Waals surface area contributed by atoms with E-state index < -0.39 is 7.92 Å². The lowest BCUT2D eigenvalue weighted by Crippen LogP contribution is -2.21. The molecule has 0 saturated heterocycles. The minimum absolute atomic E-state index is 0.357. The van der Waals surface area contributed by atoms with E-state index in [-0.39, 0.29) is 0 Å². The molecule has 0 aromatic heterocycles. The highest BCUT2D eigenvalue weighted by molar-refractivity contribution is 7.73. The molecule has 1 aliphatic carbocycles. The van der Waals surface area contributed by atoms with Crippen LogP contribution in [-0.2, 0) is 0 Å². The molecular formula is C24H20P. The normalized spacial score (nSPS) is 16.2. The van der Waals surface area contributed by atoms with E-state index in [0.29, 0.717) is 5.66 Å². The summed E-state index contributed by atoms with van der Waals surface area (Å²) in [5, 5.41) is 2.83. The Hall–Kier alpha value is -1.91. The van der Waals surface area contributed by atoms with Crippen LogP contribution in [0.25, 0.3) is 0 Å². The SMILES string of the molecule is [CH]1[CH][CH][C](C(c2ccccc2)P(c2ccccc2)c2ccccc2)[CH]1. The molecule has 0 aliphatic heterocycles. The second kappa shape index (κ2) is 7.98. The molecular weight excluding hydrogens is 319 g/mol. The lowest BCUT2D eigenvalue weighted by molar-refractivity contribution is 1.01. The summed E-state index contributed by atoms with van der Waals surface area (Å²) in [6.45, 7) is 0. The van der Waals surface area contributed by atoms with Crippen LogP contribution in [0.3, 0.4) is 0 Å². The van der Waals surface area contributed by atoms with Gasteiger partial charge in [-0.3, -0.25) is 0 Å². The second-order valence-electron chi connectivity index (χ2n) is 6.07. The maximum absolute atomic E-state index is 2.28. The van der Waals surface area contributed by atoms with E-state index in [1.54, 1.807) is 0 Å². The molecule has 3 aromatic carbocycles. The fraction of sp³-hybridized carbons (Fsp3) is 0.0417. The Kier molecular flexibility index (Phi) is 5.28. The van der Waals surface area contributed by atoms with Gasteiger partial charge in [-0.05, 0) is 55.7 Å². The van der Waals surface area contributed by atoms with Gasteiger partial charge < -0.3 is 0 Å². The van der Waals surface area contributed by atoms with Gasteiger partial charge in [0, 0.05) is 5.66 Å². The fourth-order valence-corrected chi connectivity index (χ4v) is 6.14. The van der Waals surface area contributed by atoms with Crippen LogP contribution in [0.1, 0.15) is 11.2 Å². The standard InChI is InChI=1S/C24H20P/c1-4-12-20(13-5-1)24(21-14-10-11-15-21)25(22-16-6-2-7-17-22)23-18-8-3-9-19-23/h1-19,24H. The van der Waals surface area contributed by atoms with E-state index >= 15 is 0 Å². The molecule has 3 aromatic rings. The summed E-state index contributed by atoms with van der Waals surface area (Å²) in [5.74, 6) is 1.39. The summed E-state index contributed by atoms with van der Waals surface area (Å²) >= 11 is 0. The van der Waals surface area contributed by atoms with E-state index in [1.165, 1.54) is 22.1 Å². The molecule has 5 radical (unpaired) electrons. The van der Waals surface area contributed by atoms with E-state index in [4.69, 9.17) is 0 Å². The van der Waals surface area contributed by atoms with Gasteiger partial charge in [0.25, 0.3) is 0 Å². The molecule has 1 unspecified atom stereocenters. The summed E-state index contributed by atoms with van der Waals surface area (Å²) in [6, 6.07) is 32.8. The van der Waals surface area contributed by atoms with Crippen molar-refractivity contribution in [2.24, 2.45) is 0 Å². The van der Waals surface area contributed by atoms with E-state index in [0.717, 1.165) is 0 Å². The summed E-state index contributed by atoms with van der Waals surface area (Å²) < 4.78 is 0. The third-order valence-corrected chi connectivity index (χ3v) is 7.27. The summed E-state index contributed by atoms with van der Waals surface area (Å²) in [7, 11) is -0.541. The van der Waals surface area contributed by atoms with Gasteiger partial charge >= 0.3 is 0 Å². The van der Waals surface area contributed by atoms with Crippen molar-refractivity contribution in [3.8, 4) is 0 Å². The predicted octanol–water partition coefficient (Wildman–Crippen LogP) is 5.27. The third-order valence-electron chi connectivity index (χ3n) is 4.45. The largest absolute Gasteiger partial charge is 0.0622 e. The smallest absolute Gasteiger partial charge is 0.0190 e. The Bertz CT molecular complexity index is 721. The third kappa shape index (κ3) is 3.70. The van der Waals surface area contributed by atoms with Gasteiger partial charge in [0.15, 0.2) is 0 Å². The topological polar surface area (TPSA) is 0 Å². The molecule has 1 aliphatic rings. The zero-order valence-electron chi connectivity index (χ0n) is 14.0. The zero-order valence-corrected chi connectivity index (χ0v) is 14.9. The Morgan fingerprint density at radius 1 is 0.520 bits per heavy atom. The first-order chi connectivity index (χ1) is 12.4. The monoisotopic (exact) mass is 339 g/mol. The molecule has 0 N–H and O–H groups in total.